The molecule has 0 saturated heterocycles. The van der Waals surface area contributed by atoms with Crippen LogP contribution in [-0.2, 0) is 13.6 Å². The van der Waals surface area contributed by atoms with Crippen LogP contribution in [-0.4, -0.2) is 31.2 Å². The molecule has 0 aliphatic rings. The van der Waals surface area contributed by atoms with Crippen LogP contribution < -0.4 is 15.4 Å². The molecule has 2 heterocycles. The summed E-state index contributed by atoms with van der Waals surface area (Å²) in [6.45, 7) is 0.869. The van der Waals surface area contributed by atoms with Crippen LogP contribution in [0.15, 0.2) is 79.1 Å². The number of rotatable bonds is 9. The number of fused-ring (bicyclic) bond motifs is 1. The Hall–Kier alpha value is -4.21. The number of aromatic nitrogens is 4. The fourth-order valence-corrected chi connectivity index (χ4v) is 3.89. The molecule has 0 spiro atoms. The molecule has 3 aromatic carbocycles. The van der Waals surface area contributed by atoms with Gasteiger partial charge in [0.2, 0.25) is 5.95 Å². The highest BCUT2D eigenvalue weighted by Gasteiger charge is 2.11. The number of imidazole rings is 1. The third-order valence-corrected chi connectivity index (χ3v) is 6.01. The fourth-order valence-electron chi connectivity index (χ4n) is 3.79. The van der Waals surface area contributed by atoms with Crippen molar-refractivity contribution in [3.05, 3.63) is 101 Å². The van der Waals surface area contributed by atoms with Gasteiger partial charge in [-0.25, -0.2) is 19.3 Å². The topological polar surface area (TPSA) is 97.1 Å². The minimum absolute atomic E-state index is 0.230. The Bertz CT molecular complexity index is 1490. The maximum atomic E-state index is 13.1. The van der Waals surface area contributed by atoms with Crippen LogP contribution in [0.3, 0.4) is 0 Å². The average molecular weight is 519 g/mol. The molecule has 0 saturated carbocycles. The van der Waals surface area contributed by atoms with Crippen LogP contribution >= 0.6 is 11.6 Å². The van der Waals surface area contributed by atoms with Crippen molar-refractivity contribution in [2.24, 2.45) is 7.05 Å². The SMILES string of the molecule is Cn1c(NCc2ccc(Oc3ncc(Cl)cn3)cc2)nc2ccc(NCC(O)c3ccc(F)cc3)cc21. The summed E-state index contributed by atoms with van der Waals surface area (Å²) in [5.74, 6) is 1.03. The van der Waals surface area contributed by atoms with Gasteiger partial charge >= 0.3 is 6.01 Å². The molecule has 0 amide bonds. The standard InChI is InChI=1S/C27H24ClFN6O2/c1-35-24-12-21(30-16-25(36)18-4-6-20(29)7-5-18)8-11-23(24)34-26(35)31-13-17-2-9-22(10-3-17)37-27-32-14-19(28)15-33-27/h2-12,14-15,25,30,36H,13,16H2,1H3,(H,31,34). The van der Waals surface area contributed by atoms with Crippen LogP contribution in [0.5, 0.6) is 11.8 Å². The molecule has 0 aliphatic heterocycles. The third kappa shape index (κ3) is 5.96. The molecule has 0 bridgehead atoms. The van der Waals surface area contributed by atoms with E-state index in [1.807, 2.05) is 54.1 Å². The summed E-state index contributed by atoms with van der Waals surface area (Å²) < 4.78 is 20.7. The number of aryl methyl sites for hydroxylation is 1. The zero-order chi connectivity index (χ0) is 25.8. The molecule has 1 unspecified atom stereocenters. The maximum absolute atomic E-state index is 13.1. The third-order valence-electron chi connectivity index (χ3n) is 5.81. The molecule has 10 heteroatoms. The molecule has 5 rings (SSSR count). The summed E-state index contributed by atoms with van der Waals surface area (Å²) in [5, 5.41) is 17.4. The van der Waals surface area contributed by atoms with Crippen molar-refractivity contribution in [1.29, 1.82) is 0 Å². The van der Waals surface area contributed by atoms with Crippen molar-refractivity contribution in [2.45, 2.75) is 12.6 Å². The number of aliphatic hydroxyl groups is 1. The lowest BCUT2D eigenvalue weighted by Crippen LogP contribution is -2.12. The van der Waals surface area contributed by atoms with Crippen molar-refractivity contribution in [3.8, 4) is 11.8 Å². The maximum Gasteiger partial charge on any atom is 0.321 e. The zero-order valence-corrected chi connectivity index (χ0v) is 20.7. The van der Waals surface area contributed by atoms with Gasteiger partial charge in [0, 0.05) is 25.8 Å². The molecule has 8 nitrogen and oxygen atoms in total. The molecule has 0 fully saturated rings. The first-order valence-electron chi connectivity index (χ1n) is 11.6. The largest absolute Gasteiger partial charge is 0.424 e. The smallest absolute Gasteiger partial charge is 0.321 e. The highest BCUT2D eigenvalue weighted by atomic mass is 35.5. The Kier molecular flexibility index (Phi) is 7.16. The van der Waals surface area contributed by atoms with Gasteiger partial charge in [-0.3, -0.25) is 0 Å². The summed E-state index contributed by atoms with van der Waals surface area (Å²) in [6, 6.07) is 19.5. The van der Waals surface area contributed by atoms with Gasteiger partial charge < -0.3 is 25.0 Å². The van der Waals surface area contributed by atoms with E-state index in [2.05, 4.69) is 25.6 Å². The van der Waals surface area contributed by atoms with Crippen LogP contribution in [0.4, 0.5) is 16.0 Å². The lowest BCUT2D eigenvalue weighted by molar-refractivity contribution is 0.191. The second kappa shape index (κ2) is 10.8. The van der Waals surface area contributed by atoms with E-state index in [0.717, 1.165) is 28.2 Å². The number of hydrogen-bond donors (Lipinski definition) is 3. The van der Waals surface area contributed by atoms with E-state index in [1.54, 1.807) is 12.1 Å². The molecular weight excluding hydrogens is 495 g/mol. The fraction of sp³-hybridized carbons (Fsp3) is 0.148. The molecular formula is C27H24ClFN6O2. The van der Waals surface area contributed by atoms with E-state index >= 15 is 0 Å². The van der Waals surface area contributed by atoms with Gasteiger partial charge in [0.25, 0.3) is 0 Å². The quantitative estimate of drug-likeness (QED) is 0.230. The highest BCUT2D eigenvalue weighted by molar-refractivity contribution is 6.30. The van der Waals surface area contributed by atoms with Gasteiger partial charge in [-0.2, -0.15) is 0 Å². The Labute approximate surface area is 217 Å². The van der Waals surface area contributed by atoms with E-state index in [0.29, 0.717) is 29.4 Å². The van der Waals surface area contributed by atoms with Crippen LogP contribution in [0.25, 0.3) is 11.0 Å². The van der Waals surface area contributed by atoms with Crippen molar-refractivity contribution in [2.75, 3.05) is 17.2 Å². The van der Waals surface area contributed by atoms with Gasteiger partial charge in [0.05, 0.1) is 34.6 Å². The number of ether oxygens (including phenoxy) is 1. The summed E-state index contributed by atoms with van der Waals surface area (Å²) in [7, 11) is 1.94. The molecule has 0 aliphatic carbocycles. The molecule has 1 atom stereocenters. The van der Waals surface area contributed by atoms with E-state index < -0.39 is 6.10 Å². The predicted octanol–water partition coefficient (Wildman–Crippen LogP) is 5.71. The van der Waals surface area contributed by atoms with Gasteiger partial charge in [0.15, 0.2) is 0 Å². The van der Waals surface area contributed by atoms with E-state index in [9.17, 15) is 9.50 Å². The second-order valence-corrected chi connectivity index (χ2v) is 8.87. The van der Waals surface area contributed by atoms with Crippen LogP contribution in [0.1, 0.15) is 17.2 Å². The summed E-state index contributed by atoms with van der Waals surface area (Å²) >= 11 is 5.80. The lowest BCUT2D eigenvalue weighted by atomic mass is 10.1. The Morgan fingerprint density at radius 3 is 2.46 bits per heavy atom. The summed E-state index contributed by atoms with van der Waals surface area (Å²) in [4.78, 5) is 12.7. The second-order valence-electron chi connectivity index (χ2n) is 8.43. The normalized spacial score (nSPS) is 11.9. The number of hydrogen-bond acceptors (Lipinski definition) is 7. The van der Waals surface area contributed by atoms with E-state index in [-0.39, 0.29) is 11.8 Å². The van der Waals surface area contributed by atoms with Crippen LogP contribution in [0.2, 0.25) is 5.02 Å². The average Bonchev–Trinajstić information content (AvgIpc) is 3.23. The van der Waals surface area contributed by atoms with Crippen molar-refractivity contribution in [1.82, 2.24) is 19.5 Å². The summed E-state index contributed by atoms with van der Waals surface area (Å²) in [6.07, 6.45) is 2.21. The molecule has 188 valence electrons. The predicted molar refractivity (Wildman–Crippen MR) is 141 cm³/mol. The number of halogens is 2. The number of anilines is 2. The Morgan fingerprint density at radius 1 is 1.00 bits per heavy atom. The number of nitrogens with zero attached hydrogens (tertiary/aromatic N) is 4. The minimum Gasteiger partial charge on any atom is -0.424 e. The van der Waals surface area contributed by atoms with Gasteiger partial charge in [-0.1, -0.05) is 35.9 Å². The first-order chi connectivity index (χ1) is 17.9. The van der Waals surface area contributed by atoms with E-state index in [1.165, 1.54) is 24.5 Å². The Morgan fingerprint density at radius 2 is 1.73 bits per heavy atom. The number of benzene rings is 3. The molecule has 3 N–H and O–H groups in total. The minimum atomic E-state index is -0.754. The highest BCUT2D eigenvalue weighted by Crippen LogP contribution is 2.24. The van der Waals surface area contributed by atoms with Crippen LogP contribution in [0, 0.1) is 5.82 Å². The van der Waals surface area contributed by atoms with Crippen molar-refractivity contribution in [3.63, 3.8) is 0 Å². The number of aliphatic hydroxyl groups excluding tert-OH is 1. The molecule has 0 radical (unpaired) electrons. The lowest BCUT2D eigenvalue weighted by Gasteiger charge is -2.13. The van der Waals surface area contributed by atoms with E-state index in [4.69, 9.17) is 16.3 Å². The van der Waals surface area contributed by atoms with Crippen molar-refractivity contribution < 1.29 is 14.2 Å². The monoisotopic (exact) mass is 518 g/mol. The van der Waals surface area contributed by atoms with Crippen molar-refractivity contribution >= 4 is 34.3 Å². The summed E-state index contributed by atoms with van der Waals surface area (Å²) in [5.41, 5.74) is 4.34. The Balaban J connectivity index is 1.20. The molecule has 37 heavy (non-hydrogen) atoms. The zero-order valence-electron chi connectivity index (χ0n) is 19.9. The molecule has 2 aromatic heterocycles. The molecule has 5 aromatic rings. The van der Waals surface area contributed by atoms with Gasteiger partial charge in [-0.15, -0.1) is 0 Å². The first-order valence-corrected chi connectivity index (χ1v) is 11.9. The van der Waals surface area contributed by atoms with Gasteiger partial charge in [0.1, 0.15) is 11.6 Å². The van der Waals surface area contributed by atoms with Gasteiger partial charge in [-0.05, 0) is 53.6 Å². The first kappa shape index (κ1) is 24.5. The number of nitrogens with one attached hydrogen (secondary N) is 2.